The molecule has 300 valence electrons. The molecule has 4 nitrogen and oxygen atoms in total. The Labute approximate surface area is 329 Å². The van der Waals surface area contributed by atoms with E-state index in [-0.39, 0.29) is 29.4 Å². The van der Waals surface area contributed by atoms with Crippen molar-refractivity contribution in [1.82, 2.24) is 0 Å². The second-order valence-electron chi connectivity index (χ2n) is 15.6. The summed E-state index contributed by atoms with van der Waals surface area (Å²) in [5.41, 5.74) is 2.93. The lowest BCUT2D eigenvalue weighted by molar-refractivity contribution is 0.0160. The van der Waals surface area contributed by atoms with E-state index in [0.717, 1.165) is 69.8 Å². The van der Waals surface area contributed by atoms with Crippen LogP contribution in [0.1, 0.15) is 149 Å². The number of esters is 1. The molecule has 4 aromatic carbocycles. The molecular formula is C48H56F4O4. The summed E-state index contributed by atoms with van der Waals surface area (Å²) < 4.78 is 61.1. The molecule has 0 atom stereocenters. The monoisotopic (exact) mass is 772 g/mol. The highest BCUT2D eigenvalue weighted by atomic mass is 19.1. The zero-order valence-corrected chi connectivity index (χ0v) is 32.8. The number of aromatic carboxylic acids is 1. The van der Waals surface area contributed by atoms with Gasteiger partial charge in [-0.1, -0.05) is 95.5 Å². The van der Waals surface area contributed by atoms with Gasteiger partial charge in [-0.05, 0) is 134 Å². The number of carbonyl (C=O) groups excluding carboxylic acids is 1. The van der Waals surface area contributed by atoms with Crippen molar-refractivity contribution in [3.05, 3.63) is 119 Å². The number of carboxylic acid groups (broad SMARTS) is 1. The van der Waals surface area contributed by atoms with Crippen molar-refractivity contribution < 1.29 is 37.0 Å². The van der Waals surface area contributed by atoms with Gasteiger partial charge in [0, 0.05) is 11.6 Å². The normalized spacial score (nSPS) is 19.5. The van der Waals surface area contributed by atoms with Crippen LogP contribution in [0.4, 0.5) is 17.6 Å². The van der Waals surface area contributed by atoms with E-state index in [9.17, 15) is 27.9 Å². The first kappa shape index (κ1) is 42.7. The van der Waals surface area contributed by atoms with E-state index in [4.69, 9.17) is 4.74 Å². The van der Waals surface area contributed by atoms with Crippen LogP contribution in [0.15, 0.2) is 78.9 Å². The maximum atomic E-state index is 15.1. The van der Waals surface area contributed by atoms with Crippen LogP contribution in [0.25, 0.3) is 22.3 Å². The molecule has 56 heavy (non-hydrogen) atoms. The van der Waals surface area contributed by atoms with Gasteiger partial charge in [-0.15, -0.1) is 0 Å². The minimum absolute atomic E-state index is 0.00199. The summed E-state index contributed by atoms with van der Waals surface area (Å²) in [5, 5.41) is 9.28. The minimum Gasteiger partial charge on any atom is -0.478 e. The molecule has 1 N–H and O–H groups in total. The first-order chi connectivity index (χ1) is 27.1. The van der Waals surface area contributed by atoms with Gasteiger partial charge in [0.2, 0.25) is 0 Å². The van der Waals surface area contributed by atoms with Crippen LogP contribution >= 0.6 is 0 Å². The molecule has 2 aliphatic rings. The summed E-state index contributed by atoms with van der Waals surface area (Å²) >= 11 is 0. The Balaban J connectivity index is 0.000000219. The van der Waals surface area contributed by atoms with E-state index in [2.05, 4.69) is 13.8 Å². The summed E-state index contributed by atoms with van der Waals surface area (Å²) in [6, 6.07) is 19.0. The predicted molar refractivity (Wildman–Crippen MR) is 215 cm³/mol. The van der Waals surface area contributed by atoms with Gasteiger partial charge in [-0.25, -0.2) is 27.2 Å². The molecule has 0 saturated heterocycles. The second kappa shape index (κ2) is 21.2. The van der Waals surface area contributed by atoms with Crippen molar-refractivity contribution in [2.45, 2.75) is 129 Å². The number of halogens is 4. The smallest absolute Gasteiger partial charge is 0.338 e. The molecule has 0 unspecified atom stereocenters. The van der Waals surface area contributed by atoms with Crippen molar-refractivity contribution in [3.63, 3.8) is 0 Å². The van der Waals surface area contributed by atoms with E-state index in [0.29, 0.717) is 39.3 Å². The number of ether oxygens (including phenoxy) is 1. The van der Waals surface area contributed by atoms with Crippen LogP contribution in [-0.4, -0.2) is 23.1 Å². The largest absolute Gasteiger partial charge is 0.478 e. The molecule has 0 heterocycles. The van der Waals surface area contributed by atoms with Crippen LogP contribution in [0.3, 0.4) is 0 Å². The summed E-state index contributed by atoms with van der Waals surface area (Å²) in [5.74, 6) is -2.37. The van der Waals surface area contributed by atoms with Gasteiger partial charge in [0.15, 0.2) is 0 Å². The molecule has 2 aliphatic carbocycles. The molecule has 0 spiro atoms. The SMILES string of the molecule is CCCCCCCC[C@H]1CC[C@H](OC(=O)c2ccc(-c3ccc(F)cc3F)cc2)CC1.CC[C@H]1CC[C@H](c2c(-c3ccc(F)cc3)ccc(C(=O)O)c2F)CC1. The van der Waals surface area contributed by atoms with Crippen LogP contribution in [-0.2, 0) is 4.74 Å². The first-order valence-corrected chi connectivity index (χ1v) is 20.7. The van der Waals surface area contributed by atoms with Gasteiger partial charge in [0.05, 0.1) is 11.1 Å². The number of hydrogen-bond acceptors (Lipinski definition) is 3. The molecule has 4 aromatic rings. The average Bonchev–Trinajstić information content (AvgIpc) is 3.20. The number of benzene rings is 4. The molecule has 0 radical (unpaired) electrons. The molecule has 0 aromatic heterocycles. The molecule has 8 heteroatoms. The third-order valence-electron chi connectivity index (χ3n) is 11.8. The number of unbranched alkanes of at least 4 members (excludes halogenated alkanes) is 5. The van der Waals surface area contributed by atoms with Crippen LogP contribution in [0, 0.1) is 35.1 Å². The van der Waals surface area contributed by atoms with Gasteiger partial charge in [0.25, 0.3) is 0 Å². The molecular weight excluding hydrogens is 717 g/mol. The molecule has 0 aliphatic heterocycles. The topological polar surface area (TPSA) is 63.6 Å². The number of hydrogen-bond donors (Lipinski definition) is 1. The lowest BCUT2D eigenvalue weighted by atomic mass is 9.75. The summed E-state index contributed by atoms with van der Waals surface area (Å²) in [6.07, 6.45) is 18.3. The van der Waals surface area contributed by atoms with Crippen molar-refractivity contribution in [3.8, 4) is 22.3 Å². The maximum Gasteiger partial charge on any atom is 0.338 e. The van der Waals surface area contributed by atoms with Gasteiger partial charge < -0.3 is 9.84 Å². The lowest BCUT2D eigenvalue weighted by Crippen LogP contribution is -2.24. The highest BCUT2D eigenvalue weighted by Crippen LogP contribution is 2.43. The molecule has 0 amide bonds. The van der Waals surface area contributed by atoms with E-state index >= 15 is 4.39 Å². The molecule has 2 fully saturated rings. The Morgan fingerprint density at radius 2 is 1.21 bits per heavy atom. The van der Waals surface area contributed by atoms with E-state index < -0.39 is 23.4 Å². The standard InChI is InChI=1S/C27H34F2O2.C21H22F2O2/c1-2-3-4-5-6-7-8-20-9-16-24(17-10-20)31-27(30)22-13-11-21(12-14-22)25-18-15-23(28)19-26(25)29;1-2-13-3-5-15(6-4-13)19-17(14-7-9-16(22)10-8-14)11-12-18(20(19)23)21(24)25/h11-15,18-20,24H,2-10,16-17H2,1H3;7-13,15H,2-6H2,1H3,(H,24,25)/t20-,24-;13-,15-. The van der Waals surface area contributed by atoms with Crippen molar-refractivity contribution >= 4 is 11.9 Å². The maximum absolute atomic E-state index is 15.1. The molecule has 6 rings (SSSR count). The Morgan fingerprint density at radius 3 is 1.84 bits per heavy atom. The number of carboxylic acids is 1. The van der Waals surface area contributed by atoms with Crippen molar-refractivity contribution in [2.24, 2.45) is 11.8 Å². The minimum atomic E-state index is -1.26. The highest BCUT2D eigenvalue weighted by molar-refractivity contribution is 5.90. The van der Waals surface area contributed by atoms with E-state index in [1.54, 1.807) is 42.5 Å². The fraction of sp³-hybridized carbons (Fsp3) is 0.458. The number of rotatable bonds is 14. The zero-order valence-electron chi connectivity index (χ0n) is 32.8. The average molecular weight is 773 g/mol. The van der Waals surface area contributed by atoms with E-state index in [1.807, 2.05) is 0 Å². The fourth-order valence-corrected chi connectivity index (χ4v) is 8.38. The third kappa shape index (κ3) is 11.8. The quantitative estimate of drug-likeness (QED) is 0.0787. The summed E-state index contributed by atoms with van der Waals surface area (Å²) in [6.45, 7) is 4.41. The predicted octanol–water partition coefficient (Wildman–Crippen LogP) is 14.1. The van der Waals surface area contributed by atoms with Gasteiger partial charge in [0.1, 0.15) is 29.4 Å². The lowest BCUT2D eigenvalue weighted by Gasteiger charge is -2.30. The Hall–Kier alpha value is -4.46. The zero-order chi connectivity index (χ0) is 40.0. The van der Waals surface area contributed by atoms with Crippen LogP contribution < -0.4 is 0 Å². The highest BCUT2D eigenvalue weighted by Gasteiger charge is 2.29. The number of carbonyl (C=O) groups is 2. The Morgan fingerprint density at radius 1 is 0.643 bits per heavy atom. The summed E-state index contributed by atoms with van der Waals surface area (Å²) in [4.78, 5) is 23.9. The van der Waals surface area contributed by atoms with E-state index in [1.165, 1.54) is 75.3 Å². The van der Waals surface area contributed by atoms with Crippen LogP contribution in [0.5, 0.6) is 0 Å². The molecule has 2 saturated carbocycles. The molecule has 0 bridgehead atoms. The van der Waals surface area contributed by atoms with Crippen molar-refractivity contribution in [1.29, 1.82) is 0 Å². The summed E-state index contributed by atoms with van der Waals surface area (Å²) in [7, 11) is 0. The Kier molecular flexibility index (Phi) is 16.1. The Bertz CT molecular complexity index is 1860. The van der Waals surface area contributed by atoms with Gasteiger partial charge in [-0.2, -0.15) is 0 Å². The first-order valence-electron chi connectivity index (χ1n) is 20.7. The fourth-order valence-electron chi connectivity index (χ4n) is 8.38. The second-order valence-corrected chi connectivity index (χ2v) is 15.6. The van der Waals surface area contributed by atoms with Crippen molar-refractivity contribution in [2.75, 3.05) is 0 Å². The van der Waals surface area contributed by atoms with Gasteiger partial charge in [-0.3, -0.25) is 0 Å². The third-order valence-corrected chi connectivity index (χ3v) is 11.8. The van der Waals surface area contributed by atoms with Gasteiger partial charge >= 0.3 is 11.9 Å². The van der Waals surface area contributed by atoms with Crippen LogP contribution in [0.2, 0.25) is 0 Å².